The monoisotopic (exact) mass is 194 g/mol. The Labute approximate surface area is 83.6 Å². The summed E-state index contributed by atoms with van der Waals surface area (Å²) >= 11 is 0. The minimum absolute atomic E-state index is 0.297. The lowest BCUT2D eigenvalue weighted by atomic mass is 9.93. The molecular formula is C11H15FN2. The lowest BCUT2D eigenvalue weighted by molar-refractivity contribution is 0.285. The minimum atomic E-state index is -0.297. The summed E-state index contributed by atoms with van der Waals surface area (Å²) in [7, 11) is 0. The van der Waals surface area contributed by atoms with Crippen molar-refractivity contribution in [2.75, 3.05) is 19.8 Å². The maximum absolute atomic E-state index is 12.2. The molecule has 0 spiro atoms. The van der Waals surface area contributed by atoms with Gasteiger partial charge in [0.15, 0.2) is 0 Å². The second kappa shape index (κ2) is 3.96. The molecular weight excluding hydrogens is 179 g/mol. The average Bonchev–Trinajstić information content (AvgIpc) is 2.61. The second-order valence-corrected chi connectivity index (χ2v) is 3.64. The third-order valence-electron chi connectivity index (χ3n) is 2.77. The maximum atomic E-state index is 12.2. The predicted octanol–water partition coefficient (Wildman–Crippen LogP) is 1.22. The van der Waals surface area contributed by atoms with E-state index < -0.39 is 0 Å². The number of alkyl halides is 1. The number of hydrogen-bond donors (Lipinski definition) is 1. The Kier molecular flexibility index (Phi) is 2.68. The van der Waals surface area contributed by atoms with Crippen LogP contribution in [-0.2, 0) is 0 Å². The minimum Gasteiger partial charge on any atom is -0.368 e. The van der Waals surface area contributed by atoms with Gasteiger partial charge in [0.25, 0.3) is 0 Å². The maximum Gasteiger partial charge on any atom is 0.107 e. The molecule has 0 fully saturated rings. The molecule has 3 heteroatoms. The fourth-order valence-electron chi connectivity index (χ4n) is 2.02. The molecule has 0 radical (unpaired) electrons. The molecule has 0 aromatic carbocycles. The van der Waals surface area contributed by atoms with Crippen molar-refractivity contribution in [1.29, 1.82) is 0 Å². The van der Waals surface area contributed by atoms with Crippen LogP contribution in [-0.4, -0.2) is 30.7 Å². The molecule has 14 heavy (non-hydrogen) atoms. The fraction of sp³-hybridized carbons (Fsp3) is 0.455. The van der Waals surface area contributed by atoms with Crippen molar-refractivity contribution < 1.29 is 4.39 Å². The number of hydrogen-bond acceptors (Lipinski definition) is 2. The Balaban J connectivity index is 2.08. The second-order valence-electron chi connectivity index (χ2n) is 3.64. The van der Waals surface area contributed by atoms with Crippen LogP contribution in [0, 0.1) is 5.92 Å². The Morgan fingerprint density at radius 1 is 1.43 bits per heavy atom. The van der Waals surface area contributed by atoms with E-state index in [9.17, 15) is 4.39 Å². The molecule has 0 saturated carbocycles. The first-order chi connectivity index (χ1) is 6.85. The number of nitrogens with two attached hydrogens (primary N) is 1. The van der Waals surface area contributed by atoms with E-state index in [1.807, 2.05) is 17.2 Å². The van der Waals surface area contributed by atoms with Gasteiger partial charge < -0.3 is 10.6 Å². The highest BCUT2D eigenvalue weighted by atomic mass is 19.1. The van der Waals surface area contributed by atoms with Gasteiger partial charge in [-0.25, -0.2) is 4.39 Å². The lowest BCUT2D eigenvalue weighted by Crippen LogP contribution is -2.32. The zero-order chi connectivity index (χ0) is 9.97. The van der Waals surface area contributed by atoms with Gasteiger partial charge in [-0.3, -0.25) is 0 Å². The van der Waals surface area contributed by atoms with Crippen LogP contribution in [0.1, 0.15) is 0 Å². The van der Waals surface area contributed by atoms with E-state index >= 15 is 0 Å². The lowest BCUT2D eigenvalue weighted by Gasteiger charge is -2.27. The number of nitrogens with zero attached hydrogens (tertiary/aromatic N) is 1. The largest absolute Gasteiger partial charge is 0.368 e. The Bertz CT molecular complexity index is 294. The molecule has 2 aliphatic rings. The van der Waals surface area contributed by atoms with Crippen molar-refractivity contribution >= 4 is 0 Å². The van der Waals surface area contributed by atoms with Crippen molar-refractivity contribution in [3.8, 4) is 0 Å². The molecule has 1 aliphatic carbocycles. The molecule has 2 nitrogen and oxygen atoms in total. The summed E-state index contributed by atoms with van der Waals surface area (Å²) in [5.74, 6) is 0.380. The molecule has 0 aromatic heterocycles. The summed E-state index contributed by atoms with van der Waals surface area (Å²) in [6.07, 6.45) is 10.4. The quantitative estimate of drug-likeness (QED) is 0.732. The zero-order valence-electron chi connectivity index (χ0n) is 8.07. The normalized spacial score (nSPS) is 29.3. The van der Waals surface area contributed by atoms with Crippen LogP contribution in [0.2, 0.25) is 0 Å². The van der Waals surface area contributed by atoms with Crippen LogP contribution in [0.5, 0.6) is 0 Å². The zero-order valence-corrected chi connectivity index (χ0v) is 8.07. The van der Waals surface area contributed by atoms with Gasteiger partial charge in [-0.1, -0.05) is 24.3 Å². The summed E-state index contributed by atoms with van der Waals surface area (Å²) in [5, 5.41) is 0. The summed E-state index contributed by atoms with van der Waals surface area (Å²) < 4.78 is 12.2. The Hall–Kier alpha value is -1.09. The van der Waals surface area contributed by atoms with Crippen LogP contribution in [0.4, 0.5) is 4.39 Å². The standard InChI is InChI=1S/C11H15FN2/c12-4-6-14-5-3-10-7-9(8-13)1-2-11(10)14/h1-3,5,7,10-11H,4,6,8,13H2. The first-order valence-electron chi connectivity index (χ1n) is 4.94. The van der Waals surface area contributed by atoms with Gasteiger partial charge in [-0.05, 0) is 11.8 Å². The highest BCUT2D eigenvalue weighted by molar-refractivity contribution is 5.33. The SMILES string of the molecule is NCC1=CC2C=CN(CCF)C2C=C1. The molecule has 1 heterocycles. The van der Waals surface area contributed by atoms with E-state index in [-0.39, 0.29) is 6.67 Å². The highest BCUT2D eigenvalue weighted by Gasteiger charge is 2.27. The molecule has 2 atom stereocenters. The first kappa shape index (κ1) is 9.46. The van der Waals surface area contributed by atoms with Gasteiger partial charge in [0.1, 0.15) is 6.67 Å². The van der Waals surface area contributed by atoms with Crippen molar-refractivity contribution in [3.05, 3.63) is 36.1 Å². The topological polar surface area (TPSA) is 29.3 Å². The van der Waals surface area contributed by atoms with E-state index in [0.29, 0.717) is 25.0 Å². The highest BCUT2D eigenvalue weighted by Crippen LogP contribution is 2.28. The molecule has 0 bridgehead atoms. The summed E-state index contributed by atoms with van der Waals surface area (Å²) in [4.78, 5) is 2.03. The summed E-state index contributed by atoms with van der Waals surface area (Å²) in [6.45, 7) is 0.763. The van der Waals surface area contributed by atoms with Gasteiger partial charge in [0.05, 0.1) is 6.04 Å². The Morgan fingerprint density at radius 3 is 3.00 bits per heavy atom. The van der Waals surface area contributed by atoms with Gasteiger partial charge >= 0.3 is 0 Å². The van der Waals surface area contributed by atoms with E-state index in [1.54, 1.807) is 0 Å². The first-order valence-corrected chi connectivity index (χ1v) is 4.94. The molecule has 0 saturated heterocycles. The van der Waals surface area contributed by atoms with Gasteiger partial charge in [-0.2, -0.15) is 0 Å². The van der Waals surface area contributed by atoms with E-state index in [4.69, 9.17) is 5.73 Å². The van der Waals surface area contributed by atoms with Crippen LogP contribution in [0.3, 0.4) is 0 Å². The molecule has 76 valence electrons. The smallest absolute Gasteiger partial charge is 0.107 e. The van der Waals surface area contributed by atoms with E-state index in [0.717, 1.165) is 5.57 Å². The Morgan fingerprint density at radius 2 is 2.29 bits per heavy atom. The number of rotatable bonds is 3. The van der Waals surface area contributed by atoms with Gasteiger partial charge in [0, 0.05) is 19.0 Å². The van der Waals surface area contributed by atoms with Crippen molar-refractivity contribution in [2.24, 2.45) is 11.7 Å². The summed E-state index contributed by atoms with van der Waals surface area (Å²) in [6, 6.07) is 0.307. The molecule has 2 N–H and O–H groups in total. The molecule has 2 unspecified atom stereocenters. The van der Waals surface area contributed by atoms with E-state index in [1.165, 1.54) is 0 Å². The molecule has 1 aliphatic heterocycles. The molecule has 2 rings (SSSR count). The number of fused-ring (bicyclic) bond motifs is 1. The van der Waals surface area contributed by atoms with Crippen LogP contribution in [0.15, 0.2) is 36.1 Å². The third kappa shape index (κ3) is 1.60. The van der Waals surface area contributed by atoms with Gasteiger partial charge in [0.2, 0.25) is 0 Å². The number of halogens is 1. The molecule has 0 amide bonds. The fourth-order valence-corrected chi connectivity index (χ4v) is 2.02. The van der Waals surface area contributed by atoms with Crippen molar-refractivity contribution in [1.82, 2.24) is 4.90 Å². The van der Waals surface area contributed by atoms with E-state index in [2.05, 4.69) is 18.2 Å². The predicted molar refractivity (Wildman–Crippen MR) is 55.4 cm³/mol. The average molecular weight is 194 g/mol. The van der Waals surface area contributed by atoms with Crippen molar-refractivity contribution in [3.63, 3.8) is 0 Å². The summed E-state index contributed by atoms with van der Waals surface area (Å²) in [5.41, 5.74) is 6.73. The third-order valence-corrected chi connectivity index (χ3v) is 2.77. The van der Waals surface area contributed by atoms with Crippen LogP contribution < -0.4 is 5.73 Å². The van der Waals surface area contributed by atoms with Crippen LogP contribution >= 0.6 is 0 Å². The van der Waals surface area contributed by atoms with Crippen molar-refractivity contribution in [2.45, 2.75) is 6.04 Å². The molecule has 0 aromatic rings. The van der Waals surface area contributed by atoms with Crippen LogP contribution in [0.25, 0.3) is 0 Å². The van der Waals surface area contributed by atoms with Gasteiger partial charge in [-0.15, -0.1) is 0 Å².